The summed E-state index contributed by atoms with van der Waals surface area (Å²) < 4.78 is 5.62. The maximum atomic E-state index is 10.9. The molecular formula is C15H25NO3. The highest BCUT2D eigenvalue weighted by Crippen LogP contribution is 2.36. The Morgan fingerprint density at radius 3 is 2.63 bits per heavy atom. The van der Waals surface area contributed by atoms with Gasteiger partial charge in [0.25, 0.3) is 0 Å². The molecular weight excluding hydrogens is 242 g/mol. The molecule has 4 nitrogen and oxygen atoms in total. The van der Waals surface area contributed by atoms with Crippen LogP contribution in [0.2, 0.25) is 0 Å². The second kappa shape index (κ2) is 5.80. The summed E-state index contributed by atoms with van der Waals surface area (Å²) in [6.07, 6.45) is 8.15. The third kappa shape index (κ3) is 3.11. The lowest BCUT2D eigenvalue weighted by atomic mass is 9.75. The first kappa shape index (κ1) is 13.4. The molecule has 2 aliphatic heterocycles. The minimum atomic E-state index is -0.798. The summed E-state index contributed by atoms with van der Waals surface area (Å²) in [5, 5.41) is 8.95. The fourth-order valence-corrected chi connectivity index (χ4v) is 4.15. The Hall–Kier alpha value is -0.610. The van der Waals surface area contributed by atoms with E-state index in [2.05, 4.69) is 4.90 Å². The summed E-state index contributed by atoms with van der Waals surface area (Å²) in [6.45, 7) is 3.33. The molecule has 2 heterocycles. The zero-order valence-corrected chi connectivity index (χ0v) is 11.6. The number of carboxylic acids is 1. The van der Waals surface area contributed by atoms with E-state index in [9.17, 15) is 4.79 Å². The van der Waals surface area contributed by atoms with Gasteiger partial charge in [-0.15, -0.1) is 0 Å². The molecule has 108 valence electrons. The summed E-state index contributed by atoms with van der Waals surface area (Å²) >= 11 is 0. The van der Waals surface area contributed by atoms with Crippen molar-refractivity contribution in [3.8, 4) is 0 Å². The van der Waals surface area contributed by atoms with E-state index >= 15 is 0 Å². The average molecular weight is 267 g/mol. The van der Waals surface area contributed by atoms with Gasteiger partial charge in [0.05, 0.1) is 6.10 Å². The molecule has 0 amide bonds. The highest BCUT2D eigenvalue weighted by Gasteiger charge is 2.35. The zero-order chi connectivity index (χ0) is 13.2. The van der Waals surface area contributed by atoms with Crippen LogP contribution in [-0.4, -0.2) is 47.8 Å². The van der Waals surface area contributed by atoms with Crippen LogP contribution in [0.25, 0.3) is 0 Å². The van der Waals surface area contributed by atoms with E-state index in [0.29, 0.717) is 6.42 Å². The Kier molecular flexibility index (Phi) is 4.08. The first-order chi connectivity index (χ1) is 9.22. The molecule has 0 aromatic rings. The topological polar surface area (TPSA) is 49.8 Å². The van der Waals surface area contributed by atoms with Crippen LogP contribution in [0.5, 0.6) is 0 Å². The van der Waals surface area contributed by atoms with Crippen molar-refractivity contribution in [1.29, 1.82) is 0 Å². The fourth-order valence-electron chi connectivity index (χ4n) is 4.15. The van der Waals surface area contributed by atoms with Gasteiger partial charge >= 0.3 is 5.97 Å². The first-order valence-electron chi connectivity index (χ1n) is 7.83. The molecule has 0 bridgehead atoms. The number of aliphatic carboxylic acids is 1. The molecule has 19 heavy (non-hydrogen) atoms. The smallest absolute Gasteiger partial charge is 0.332 e. The Morgan fingerprint density at radius 2 is 1.89 bits per heavy atom. The first-order valence-corrected chi connectivity index (χ1v) is 7.83. The van der Waals surface area contributed by atoms with E-state index in [1.165, 1.54) is 45.2 Å². The summed E-state index contributed by atoms with van der Waals surface area (Å²) in [7, 11) is 0. The number of nitrogens with zero attached hydrogens (tertiary/aromatic N) is 1. The molecule has 3 aliphatic rings. The standard InChI is InChI=1S/C15H25NO3/c17-15(18)14-6-5-13(19-14)10-16-8-7-11-3-1-2-4-12(11)9-16/h11-14H,1-10H2,(H,17,18). The van der Waals surface area contributed by atoms with Crippen molar-refractivity contribution in [2.45, 2.75) is 57.2 Å². The number of rotatable bonds is 3. The van der Waals surface area contributed by atoms with E-state index in [4.69, 9.17) is 9.84 Å². The van der Waals surface area contributed by atoms with Gasteiger partial charge in [0.2, 0.25) is 0 Å². The van der Waals surface area contributed by atoms with Crippen LogP contribution < -0.4 is 0 Å². The summed E-state index contributed by atoms with van der Waals surface area (Å²) in [4.78, 5) is 13.4. The normalized spacial score (nSPS) is 40.0. The number of fused-ring (bicyclic) bond motifs is 1. The number of hydrogen-bond acceptors (Lipinski definition) is 3. The lowest BCUT2D eigenvalue weighted by Crippen LogP contribution is -2.44. The van der Waals surface area contributed by atoms with Gasteiger partial charge in [-0.25, -0.2) is 4.79 Å². The van der Waals surface area contributed by atoms with Gasteiger partial charge < -0.3 is 14.7 Å². The van der Waals surface area contributed by atoms with Crippen molar-refractivity contribution in [2.75, 3.05) is 19.6 Å². The molecule has 1 saturated carbocycles. The van der Waals surface area contributed by atoms with Crippen LogP contribution in [0.1, 0.15) is 44.9 Å². The molecule has 0 spiro atoms. The van der Waals surface area contributed by atoms with Gasteiger partial charge in [0.1, 0.15) is 0 Å². The predicted molar refractivity (Wildman–Crippen MR) is 72.0 cm³/mol. The molecule has 0 aromatic carbocycles. The monoisotopic (exact) mass is 267 g/mol. The molecule has 0 radical (unpaired) electrons. The maximum absolute atomic E-state index is 10.9. The quantitative estimate of drug-likeness (QED) is 0.851. The SMILES string of the molecule is O=C(O)C1CCC(CN2CCC3CCCCC3C2)O1. The van der Waals surface area contributed by atoms with Crippen LogP contribution in [0.15, 0.2) is 0 Å². The van der Waals surface area contributed by atoms with Crippen molar-refractivity contribution < 1.29 is 14.6 Å². The molecule has 2 saturated heterocycles. The van der Waals surface area contributed by atoms with Crippen LogP contribution in [-0.2, 0) is 9.53 Å². The second-order valence-electron chi connectivity index (χ2n) is 6.52. The van der Waals surface area contributed by atoms with Crippen molar-refractivity contribution in [2.24, 2.45) is 11.8 Å². The number of hydrogen-bond donors (Lipinski definition) is 1. The molecule has 0 aromatic heterocycles. The van der Waals surface area contributed by atoms with Gasteiger partial charge in [0.15, 0.2) is 6.10 Å². The number of ether oxygens (including phenoxy) is 1. The summed E-state index contributed by atoms with van der Waals surface area (Å²) in [5.41, 5.74) is 0. The number of likely N-dealkylation sites (tertiary alicyclic amines) is 1. The van der Waals surface area contributed by atoms with Crippen molar-refractivity contribution in [3.05, 3.63) is 0 Å². The van der Waals surface area contributed by atoms with Crippen LogP contribution in [0.4, 0.5) is 0 Å². The molecule has 4 atom stereocenters. The van der Waals surface area contributed by atoms with Crippen LogP contribution in [0.3, 0.4) is 0 Å². The van der Waals surface area contributed by atoms with Crippen LogP contribution in [0, 0.1) is 11.8 Å². The largest absolute Gasteiger partial charge is 0.479 e. The minimum Gasteiger partial charge on any atom is -0.479 e. The summed E-state index contributed by atoms with van der Waals surface area (Å²) in [6, 6.07) is 0. The van der Waals surface area contributed by atoms with Gasteiger partial charge in [-0.2, -0.15) is 0 Å². The van der Waals surface area contributed by atoms with E-state index in [-0.39, 0.29) is 6.10 Å². The van der Waals surface area contributed by atoms with Gasteiger partial charge in [-0.1, -0.05) is 19.3 Å². The Balaban J connectivity index is 1.47. The lowest BCUT2D eigenvalue weighted by Gasteiger charge is -2.42. The Morgan fingerprint density at radius 1 is 1.11 bits per heavy atom. The third-order valence-corrected chi connectivity index (χ3v) is 5.22. The van der Waals surface area contributed by atoms with E-state index in [1.54, 1.807) is 0 Å². The predicted octanol–water partition coefficient (Wildman–Crippen LogP) is 2.13. The molecule has 1 aliphatic carbocycles. The third-order valence-electron chi connectivity index (χ3n) is 5.22. The van der Waals surface area contributed by atoms with E-state index in [0.717, 1.165) is 24.8 Å². The molecule has 4 unspecified atom stereocenters. The molecule has 1 N–H and O–H groups in total. The van der Waals surface area contributed by atoms with Gasteiger partial charge in [-0.05, 0) is 44.1 Å². The number of carbonyl (C=O) groups is 1. The minimum absolute atomic E-state index is 0.140. The second-order valence-corrected chi connectivity index (χ2v) is 6.52. The number of carboxylic acid groups (broad SMARTS) is 1. The van der Waals surface area contributed by atoms with Crippen molar-refractivity contribution in [3.63, 3.8) is 0 Å². The fraction of sp³-hybridized carbons (Fsp3) is 0.933. The number of piperidine rings is 1. The molecule has 3 rings (SSSR count). The zero-order valence-electron chi connectivity index (χ0n) is 11.6. The highest BCUT2D eigenvalue weighted by atomic mass is 16.5. The lowest BCUT2D eigenvalue weighted by molar-refractivity contribution is -0.149. The molecule has 3 fully saturated rings. The van der Waals surface area contributed by atoms with E-state index in [1.807, 2.05) is 0 Å². The Labute approximate surface area is 115 Å². The van der Waals surface area contributed by atoms with E-state index < -0.39 is 12.1 Å². The average Bonchev–Trinajstić information content (AvgIpc) is 2.87. The summed E-state index contributed by atoms with van der Waals surface area (Å²) in [5.74, 6) is 1.05. The van der Waals surface area contributed by atoms with Gasteiger partial charge in [0, 0.05) is 13.1 Å². The maximum Gasteiger partial charge on any atom is 0.332 e. The van der Waals surface area contributed by atoms with Crippen LogP contribution >= 0.6 is 0 Å². The Bertz CT molecular complexity index is 333. The molecule has 4 heteroatoms. The van der Waals surface area contributed by atoms with Crippen molar-refractivity contribution in [1.82, 2.24) is 4.90 Å². The highest BCUT2D eigenvalue weighted by molar-refractivity contribution is 5.72. The van der Waals surface area contributed by atoms with Gasteiger partial charge in [-0.3, -0.25) is 0 Å². The van der Waals surface area contributed by atoms with Crippen molar-refractivity contribution >= 4 is 5.97 Å².